The number of hydrogen-bond acceptors (Lipinski definition) is 1. The second kappa shape index (κ2) is 4.34. The molecule has 2 rings (SSSR count). The lowest BCUT2D eigenvalue weighted by molar-refractivity contribution is 0.638. The highest BCUT2D eigenvalue weighted by atomic mass is 19.1. The van der Waals surface area contributed by atoms with E-state index in [-0.39, 0.29) is 11.9 Å². The SMILES string of the molecule is C#CCC(N)c1ccc(F)c2ccccc12. The zero-order valence-electron chi connectivity index (χ0n) is 8.78. The summed E-state index contributed by atoms with van der Waals surface area (Å²) in [4.78, 5) is 0. The maximum Gasteiger partial charge on any atom is 0.131 e. The van der Waals surface area contributed by atoms with Gasteiger partial charge in [-0.25, -0.2) is 4.39 Å². The van der Waals surface area contributed by atoms with E-state index < -0.39 is 0 Å². The second-order valence-electron chi connectivity index (χ2n) is 3.70. The van der Waals surface area contributed by atoms with Gasteiger partial charge in [-0.3, -0.25) is 0 Å². The van der Waals surface area contributed by atoms with Crippen LogP contribution in [-0.2, 0) is 0 Å². The van der Waals surface area contributed by atoms with Crippen LogP contribution in [0.3, 0.4) is 0 Å². The lowest BCUT2D eigenvalue weighted by Gasteiger charge is -2.12. The van der Waals surface area contributed by atoms with Gasteiger partial charge in [-0.15, -0.1) is 12.3 Å². The molecule has 0 spiro atoms. The molecule has 0 radical (unpaired) electrons. The van der Waals surface area contributed by atoms with Gasteiger partial charge in [0.25, 0.3) is 0 Å². The molecule has 0 heterocycles. The highest BCUT2D eigenvalue weighted by molar-refractivity contribution is 5.86. The molecule has 80 valence electrons. The molecule has 1 atom stereocenters. The molecule has 0 aliphatic rings. The quantitative estimate of drug-likeness (QED) is 0.762. The van der Waals surface area contributed by atoms with Crippen molar-refractivity contribution in [3.8, 4) is 12.3 Å². The fourth-order valence-corrected chi connectivity index (χ4v) is 1.85. The van der Waals surface area contributed by atoms with E-state index >= 15 is 0 Å². The molecule has 0 aliphatic carbocycles. The van der Waals surface area contributed by atoms with Crippen molar-refractivity contribution in [3.05, 3.63) is 47.8 Å². The number of terminal acetylenes is 1. The Hall–Kier alpha value is -1.85. The minimum Gasteiger partial charge on any atom is -0.323 e. The molecule has 0 amide bonds. The molecular weight excluding hydrogens is 201 g/mol. The maximum atomic E-state index is 13.5. The Bertz CT molecular complexity index is 554. The van der Waals surface area contributed by atoms with Gasteiger partial charge in [0, 0.05) is 17.8 Å². The zero-order valence-corrected chi connectivity index (χ0v) is 8.78. The predicted octanol–water partition coefficient (Wildman–Crippen LogP) is 3.00. The molecule has 2 heteroatoms. The van der Waals surface area contributed by atoms with Crippen LogP contribution in [0.4, 0.5) is 4.39 Å². The molecule has 0 bridgehead atoms. The van der Waals surface area contributed by atoms with Gasteiger partial charge in [0.2, 0.25) is 0 Å². The van der Waals surface area contributed by atoms with Crippen molar-refractivity contribution in [1.82, 2.24) is 0 Å². The highest BCUT2D eigenvalue weighted by Gasteiger charge is 2.10. The number of rotatable bonds is 2. The first-order chi connectivity index (χ1) is 7.74. The number of hydrogen-bond donors (Lipinski definition) is 1. The Morgan fingerprint density at radius 3 is 2.56 bits per heavy atom. The first kappa shape index (κ1) is 10.7. The standard InChI is InChI=1S/C14H12FN/c1-2-5-14(16)12-8-9-13(15)11-7-4-3-6-10(11)12/h1,3-4,6-9,14H,5,16H2. The Morgan fingerprint density at radius 2 is 1.88 bits per heavy atom. The van der Waals surface area contributed by atoms with Gasteiger partial charge in [0.05, 0.1) is 0 Å². The first-order valence-corrected chi connectivity index (χ1v) is 5.10. The summed E-state index contributed by atoms with van der Waals surface area (Å²) in [6.45, 7) is 0. The van der Waals surface area contributed by atoms with Crippen LogP contribution in [0.25, 0.3) is 10.8 Å². The van der Waals surface area contributed by atoms with E-state index in [0.29, 0.717) is 11.8 Å². The third-order valence-corrected chi connectivity index (χ3v) is 2.64. The predicted molar refractivity (Wildman–Crippen MR) is 64.3 cm³/mol. The summed E-state index contributed by atoms with van der Waals surface area (Å²) in [5, 5.41) is 1.43. The Morgan fingerprint density at radius 1 is 1.19 bits per heavy atom. The zero-order chi connectivity index (χ0) is 11.5. The van der Waals surface area contributed by atoms with Crippen LogP contribution >= 0.6 is 0 Å². The van der Waals surface area contributed by atoms with Gasteiger partial charge >= 0.3 is 0 Å². The summed E-state index contributed by atoms with van der Waals surface area (Å²) < 4.78 is 13.5. The molecule has 1 nitrogen and oxygen atoms in total. The molecule has 0 saturated heterocycles. The smallest absolute Gasteiger partial charge is 0.131 e. The maximum absolute atomic E-state index is 13.5. The third kappa shape index (κ3) is 1.78. The molecule has 16 heavy (non-hydrogen) atoms. The van der Waals surface area contributed by atoms with Crippen molar-refractivity contribution in [3.63, 3.8) is 0 Å². The summed E-state index contributed by atoms with van der Waals surface area (Å²) in [5.74, 6) is 2.30. The molecule has 2 aromatic carbocycles. The Balaban J connectivity index is 2.63. The summed E-state index contributed by atoms with van der Waals surface area (Å²) in [5.41, 5.74) is 6.85. The van der Waals surface area contributed by atoms with Crippen LogP contribution in [0.2, 0.25) is 0 Å². The van der Waals surface area contributed by atoms with E-state index in [9.17, 15) is 4.39 Å². The first-order valence-electron chi connectivity index (χ1n) is 5.10. The highest BCUT2D eigenvalue weighted by Crippen LogP contribution is 2.26. The minimum atomic E-state index is -0.240. The van der Waals surface area contributed by atoms with Crippen LogP contribution in [0, 0.1) is 18.2 Å². The molecule has 1 unspecified atom stereocenters. The van der Waals surface area contributed by atoms with Crippen LogP contribution in [0.1, 0.15) is 18.0 Å². The molecule has 0 aromatic heterocycles. The van der Waals surface area contributed by atoms with Crippen LogP contribution in [0.5, 0.6) is 0 Å². The van der Waals surface area contributed by atoms with Crippen molar-refractivity contribution >= 4 is 10.8 Å². The number of nitrogens with two attached hydrogens (primary N) is 1. The summed E-state index contributed by atoms with van der Waals surface area (Å²) in [6.07, 6.45) is 5.69. The topological polar surface area (TPSA) is 26.0 Å². The normalized spacial score (nSPS) is 12.3. The minimum absolute atomic E-state index is 0.229. The van der Waals surface area contributed by atoms with Crippen molar-refractivity contribution in [2.75, 3.05) is 0 Å². The molecule has 0 aliphatic heterocycles. The lowest BCUT2D eigenvalue weighted by atomic mass is 9.97. The molecule has 2 N–H and O–H groups in total. The van der Waals surface area contributed by atoms with Crippen LogP contribution < -0.4 is 5.73 Å². The number of benzene rings is 2. The Labute approximate surface area is 94.1 Å². The van der Waals surface area contributed by atoms with Gasteiger partial charge in [-0.05, 0) is 17.0 Å². The van der Waals surface area contributed by atoms with E-state index in [1.807, 2.05) is 18.2 Å². The van der Waals surface area contributed by atoms with E-state index in [0.717, 1.165) is 10.9 Å². The van der Waals surface area contributed by atoms with Gasteiger partial charge in [-0.2, -0.15) is 0 Å². The average molecular weight is 213 g/mol. The van der Waals surface area contributed by atoms with Crippen molar-refractivity contribution in [1.29, 1.82) is 0 Å². The fourth-order valence-electron chi connectivity index (χ4n) is 1.85. The molecule has 0 fully saturated rings. The van der Waals surface area contributed by atoms with Crippen molar-refractivity contribution in [2.45, 2.75) is 12.5 Å². The molecule has 0 saturated carbocycles. The van der Waals surface area contributed by atoms with Gasteiger partial charge < -0.3 is 5.73 Å². The molecule has 2 aromatic rings. The molecular formula is C14H12FN. The fraction of sp³-hybridized carbons (Fsp3) is 0.143. The number of halogens is 1. The number of fused-ring (bicyclic) bond motifs is 1. The summed E-state index contributed by atoms with van der Waals surface area (Å²) >= 11 is 0. The lowest BCUT2D eigenvalue weighted by Crippen LogP contribution is -2.09. The van der Waals surface area contributed by atoms with Crippen molar-refractivity contribution < 1.29 is 4.39 Å². The van der Waals surface area contributed by atoms with E-state index in [4.69, 9.17) is 12.2 Å². The summed E-state index contributed by atoms with van der Waals surface area (Å²) in [7, 11) is 0. The second-order valence-corrected chi connectivity index (χ2v) is 3.70. The van der Waals surface area contributed by atoms with E-state index in [1.165, 1.54) is 6.07 Å². The Kier molecular flexibility index (Phi) is 2.89. The summed E-state index contributed by atoms with van der Waals surface area (Å²) in [6, 6.07) is 10.2. The monoisotopic (exact) mass is 213 g/mol. The van der Waals surface area contributed by atoms with Gasteiger partial charge in [0.15, 0.2) is 0 Å². The van der Waals surface area contributed by atoms with Crippen molar-refractivity contribution in [2.24, 2.45) is 5.73 Å². The van der Waals surface area contributed by atoms with Crippen LogP contribution in [-0.4, -0.2) is 0 Å². The van der Waals surface area contributed by atoms with E-state index in [1.54, 1.807) is 12.1 Å². The van der Waals surface area contributed by atoms with E-state index in [2.05, 4.69) is 5.92 Å². The van der Waals surface area contributed by atoms with Gasteiger partial charge in [0.1, 0.15) is 5.82 Å². The van der Waals surface area contributed by atoms with Crippen LogP contribution in [0.15, 0.2) is 36.4 Å². The average Bonchev–Trinajstić information content (AvgIpc) is 2.30. The third-order valence-electron chi connectivity index (χ3n) is 2.64. The van der Waals surface area contributed by atoms with Gasteiger partial charge in [-0.1, -0.05) is 30.3 Å². The largest absolute Gasteiger partial charge is 0.323 e.